The van der Waals surface area contributed by atoms with Crippen molar-refractivity contribution in [2.24, 2.45) is 5.92 Å². The highest BCUT2D eigenvalue weighted by Gasteiger charge is 2.32. The van der Waals surface area contributed by atoms with Gasteiger partial charge in [0.25, 0.3) is 0 Å². The summed E-state index contributed by atoms with van der Waals surface area (Å²) in [6.07, 6.45) is 4.04. The summed E-state index contributed by atoms with van der Waals surface area (Å²) in [6, 6.07) is 17.7. The maximum Gasteiger partial charge on any atom is 0.163 e. The number of benzene rings is 2. The van der Waals surface area contributed by atoms with E-state index in [9.17, 15) is 9.59 Å². The van der Waals surface area contributed by atoms with E-state index in [-0.39, 0.29) is 17.6 Å². The van der Waals surface area contributed by atoms with Crippen molar-refractivity contribution in [3.63, 3.8) is 0 Å². The predicted molar refractivity (Wildman–Crippen MR) is 96.3 cm³/mol. The van der Waals surface area contributed by atoms with Gasteiger partial charge in [0.1, 0.15) is 5.78 Å². The Morgan fingerprint density at radius 2 is 1.75 bits per heavy atom. The van der Waals surface area contributed by atoms with Crippen LogP contribution in [0.4, 0.5) is 0 Å². The van der Waals surface area contributed by atoms with E-state index in [0.29, 0.717) is 18.6 Å². The first-order valence-corrected chi connectivity index (χ1v) is 8.82. The van der Waals surface area contributed by atoms with Gasteiger partial charge in [-0.1, -0.05) is 66.6 Å². The summed E-state index contributed by atoms with van der Waals surface area (Å²) in [6.45, 7) is 2.06. The summed E-state index contributed by atoms with van der Waals surface area (Å²) >= 11 is 0. The third-order valence-corrected chi connectivity index (χ3v) is 5.09. The first kappa shape index (κ1) is 16.6. The molecule has 0 bridgehead atoms. The topological polar surface area (TPSA) is 34.1 Å². The van der Waals surface area contributed by atoms with Crippen LogP contribution in [0.25, 0.3) is 0 Å². The van der Waals surface area contributed by atoms with Gasteiger partial charge in [-0.25, -0.2) is 0 Å². The maximum atomic E-state index is 12.7. The fraction of sp³-hybridized carbons (Fsp3) is 0.364. The number of hydrogen-bond acceptors (Lipinski definition) is 2. The minimum absolute atomic E-state index is 0.00824. The summed E-state index contributed by atoms with van der Waals surface area (Å²) < 4.78 is 0. The third kappa shape index (κ3) is 3.81. The molecular formula is C22H24O2. The first-order valence-electron chi connectivity index (χ1n) is 8.82. The highest BCUT2D eigenvalue weighted by molar-refractivity contribution is 5.97. The van der Waals surface area contributed by atoms with Crippen LogP contribution in [0.1, 0.15) is 59.5 Å². The normalized spacial score (nSPS) is 19.0. The van der Waals surface area contributed by atoms with Crippen LogP contribution in [0.5, 0.6) is 0 Å². The number of aryl methyl sites for hydroxylation is 1. The average Bonchev–Trinajstić information content (AvgIpc) is 2.62. The highest BCUT2D eigenvalue weighted by Crippen LogP contribution is 2.37. The van der Waals surface area contributed by atoms with Crippen LogP contribution in [0.15, 0.2) is 54.6 Å². The molecule has 2 unspecified atom stereocenters. The Labute approximate surface area is 143 Å². The Morgan fingerprint density at radius 3 is 2.42 bits per heavy atom. The molecule has 124 valence electrons. The van der Waals surface area contributed by atoms with E-state index in [2.05, 4.69) is 31.2 Å². The van der Waals surface area contributed by atoms with Crippen molar-refractivity contribution >= 4 is 11.6 Å². The molecule has 0 saturated heterocycles. The van der Waals surface area contributed by atoms with Gasteiger partial charge in [0.2, 0.25) is 0 Å². The summed E-state index contributed by atoms with van der Waals surface area (Å²) in [5.41, 5.74) is 3.05. The van der Waals surface area contributed by atoms with Crippen molar-refractivity contribution < 1.29 is 9.59 Å². The van der Waals surface area contributed by atoms with Gasteiger partial charge in [-0.15, -0.1) is 0 Å². The quantitative estimate of drug-likeness (QED) is 0.717. The van der Waals surface area contributed by atoms with Crippen molar-refractivity contribution in [2.45, 2.75) is 44.9 Å². The number of ketones is 2. The van der Waals surface area contributed by atoms with E-state index in [0.717, 1.165) is 30.4 Å². The fourth-order valence-electron chi connectivity index (χ4n) is 3.68. The molecular weight excluding hydrogens is 296 g/mol. The van der Waals surface area contributed by atoms with Gasteiger partial charge >= 0.3 is 0 Å². The monoisotopic (exact) mass is 320 g/mol. The van der Waals surface area contributed by atoms with E-state index in [1.54, 1.807) is 0 Å². The molecule has 2 atom stereocenters. The molecule has 2 heteroatoms. The molecule has 24 heavy (non-hydrogen) atoms. The van der Waals surface area contributed by atoms with Crippen LogP contribution in [-0.2, 0) is 4.79 Å². The lowest BCUT2D eigenvalue weighted by atomic mass is 9.73. The maximum absolute atomic E-state index is 12.7. The molecule has 0 aromatic heterocycles. The van der Waals surface area contributed by atoms with Gasteiger partial charge in [-0.05, 0) is 25.3 Å². The standard InChI is InChI=1S/C22H24O2/c1-16-11-13-17(14-12-16)20(19-9-5-6-10-21(19)23)15-22(24)18-7-3-2-4-8-18/h2-4,7-8,11-14,19-20H,5-6,9-10,15H2,1H3. The number of rotatable bonds is 5. The van der Waals surface area contributed by atoms with Crippen molar-refractivity contribution in [1.82, 2.24) is 0 Å². The van der Waals surface area contributed by atoms with Crippen LogP contribution in [0, 0.1) is 12.8 Å². The van der Waals surface area contributed by atoms with E-state index in [4.69, 9.17) is 0 Å². The number of carbonyl (C=O) groups excluding carboxylic acids is 2. The van der Waals surface area contributed by atoms with Crippen LogP contribution >= 0.6 is 0 Å². The third-order valence-electron chi connectivity index (χ3n) is 5.09. The van der Waals surface area contributed by atoms with Crippen molar-refractivity contribution in [3.05, 3.63) is 71.3 Å². The SMILES string of the molecule is Cc1ccc(C(CC(=O)c2ccccc2)C2CCCCC2=O)cc1. The van der Waals surface area contributed by atoms with Crippen LogP contribution < -0.4 is 0 Å². The highest BCUT2D eigenvalue weighted by atomic mass is 16.1. The summed E-state index contributed by atoms with van der Waals surface area (Å²) in [7, 11) is 0. The summed E-state index contributed by atoms with van der Waals surface area (Å²) in [5.74, 6) is 0.424. The molecule has 0 heterocycles. The summed E-state index contributed by atoms with van der Waals surface area (Å²) in [4.78, 5) is 25.2. The molecule has 0 aliphatic heterocycles. The Morgan fingerprint density at radius 1 is 1.04 bits per heavy atom. The molecule has 1 saturated carbocycles. The zero-order valence-electron chi connectivity index (χ0n) is 14.2. The molecule has 0 N–H and O–H groups in total. The van der Waals surface area contributed by atoms with Crippen LogP contribution in [-0.4, -0.2) is 11.6 Å². The predicted octanol–water partition coefficient (Wildman–Crippen LogP) is 5.11. The molecule has 2 aromatic rings. The minimum atomic E-state index is -0.0193. The molecule has 1 aliphatic rings. The smallest absolute Gasteiger partial charge is 0.163 e. The van der Waals surface area contributed by atoms with Gasteiger partial charge in [0.15, 0.2) is 5.78 Å². The lowest BCUT2D eigenvalue weighted by Gasteiger charge is -2.29. The van der Waals surface area contributed by atoms with E-state index < -0.39 is 0 Å². The molecule has 2 nitrogen and oxygen atoms in total. The van der Waals surface area contributed by atoms with Crippen molar-refractivity contribution in [3.8, 4) is 0 Å². The molecule has 0 amide bonds. The van der Waals surface area contributed by atoms with Crippen LogP contribution in [0.2, 0.25) is 0 Å². The van der Waals surface area contributed by atoms with Gasteiger partial charge in [-0.2, -0.15) is 0 Å². The molecule has 1 fully saturated rings. The minimum Gasteiger partial charge on any atom is -0.299 e. The van der Waals surface area contributed by atoms with Gasteiger partial charge in [0, 0.05) is 30.2 Å². The molecule has 0 radical (unpaired) electrons. The zero-order valence-corrected chi connectivity index (χ0v) is 14.2. The Bertz CT molecular complexity index is 701. The second-order valence-electron chi connectivity index (χ2n) is 6.83. The lowest BCUT2D eigenvalue weighted by molar-refractivity contribution is -0.125. The van der Waals surface area contributed by atoms with Crippen molar-refractivity contribution in [2.75, 3.05) is 0 Å². The Kier molecular flexibility index (Phi) is 5.24. The molecule has 3 rings (SSSR count). The lowest BCUT2D eigenvalue weighted by Crippen LogP contribution is -2.27. The van der Waals surface area contributed by atoms with E-state index in [1.807, 2.05) is 30.3 Å². The Hall–Kier alpha value is -2.22. The molecule has 2 aromatic carbocycles. The molecule has 1 aliphatic carbocycles. The Balaban J connectivity index is 1.88. The largest absolute Gasteiger partial charge is 0.299 e. The fourth-order valence-corrected chi connectivity index (χ4v) is 3.68. The van der Waals surface area contributed by atoms with E-state index in [1.165, 1.54) is 5.56 Å². The van der Waals surface area contributed by atoms with Crippen LogP contribution in [0.3, 0.4) is 0 Å². The van der Waals surface area contributed by atoms with E-state index >= 15 is 0 Å². The number of carbonyl (C=O) groups is 2. The van der Waals surface area contributed by atoms with Crippen molar-refractivity contribution in [1.29, 1.82) is 0 Å². The number of Topliss-reactive ketones (excluding diaryl/α,β-unsaturated/α-hetero) is 2. The average molecular weight is 320 g/mol. The zero-order chi connectivity index (χ0) is 16.9. The second-order valence-corrected chi connectivity index (χ2v) is 6.83. The van der Waals surface area contributed by atoms with Gasteiger partial charge in [0.05, 0.1) is 0 Å². The van der Waals surface area contributed by atoms with Gasteiger partial charge < -0.3 is 0 Å². The molecule has 0 spiro atoms. The number of hydrogen-bond donors (Lipinski definition) is 0. The summed E-state index contributed by atoms with van der Waals surface area (Å²) in [5, 5.41) is 0. The second kappa shape index (κ2) is 7.57. The first-order chi connectivity index (χ1) is 11.6. The van der Waals surface area contributed by atoms with Gasteiger partial charge in [-0.3, -0.25) is 9.59 Å².